The zero-order chi connectivity index (χ0) is 41.7. The van der Waals surface area contributed by atoms with Crippen LogP contribution in [0.15, 0.2) is 243 Å². The van der Waals surface area contributed by atoms with E-state index >= 15 is 0 Å². The predicted octanol–water partition coefficient (Wildman–Crippen LogP) is 17.3. The van der Waals surface area contributed by atoms with E-state index in [1.165, 1.54) is 86.5 Å². The first-order chi connectivity index (χ1) is 31.3. The summed E-state index contributed by atoms with van der Waals surface area (Å²) in [6.45, 7) is 0. The van der Waals surface area contributed by atoms with E-state index in [-0.39, 0.29) is 0 Å². The van der Waals surface area contributed by atoms with Crippen molar-refractivity contribution in [1.82, 2.24) is 4.57 Å². The molecule has 2 nitrogen and oxygen atoms in total. The number of fused-ring (bicyclic) bond motifs is 6. The Balaban J connectivity index is 1.06. The van der Waals surface area contributed by atoms with Gasteiger partial charge in [-0.25, -0.2) is 0 Å². The van der Waals surface area contributed by atoms with Gasteiger partial charge in [-0.1, -0.05) is 176 Å². The van der Waals surface area contributed by atoms with Crippen molar-refractivity contribution >= 4 is 70.4 Å². The van der Waals surface area contributed by atoms with Gasteiger partial charge in [0.1, 0.15) is 0 Å². The van der Waals surface area contributed by atoms with Crippen molar-refractivity contribution < 1.29 is 0 Å². The number of aromatic nitrogens is 1. The standard InChI is InChI=1S/C60H40N2S/c1-4-17-42(18-5-1)48-23-10-11-26-53(48)60-49(43-19-6-2-7-20-43)27-16-29-57(60)61(47-36-37-52-51-25-13-15-30-58(51)63-59(52)40-47)46-34-31-41(32-35-46)44-33-38-56-54(39-44)50-24-12-14-28-55(50)62(56)45-21-8-3-9-22-45/h1-40H. The zero-order valence-corrected chi connectivity index (χ0v) is 35.2. The highest BCUT2D eigenvalue weighted by Crippen LogP contribution is 2.49. The summed E-state index contributed by atoms with van der Waals surface area (Å²) in [4.78, 5) is 2.47. The van der Waals surface area contributed by atoms with Gasteiger partial charge in [-0.15, -0.1) is 11.3 Å². The zero-order valence-electron chi connectivity index (χ0n) is 34.4. The summed E-state index contributed by atoms with van der Waals surface area (Å²) in [5, 5.41) is 5.08. The van der Waals surface area contributed by atoms with Crippen LogP contribution in [0.4, 0.5) is 17.1 Å². The summed E-state index contributed by atoms with van der Waals surface area (Å²) < 4.78 is 4.94. The summed E-state index contributed by atoms with van der Waals surface area (Å²) >= 11 is 1.86. The lowest BCUT2D eigenvalue weighted by Gasteiger charge is -2.30. The Kier molecular flexibility index (Phi) is 9.06. The van der Waals surface area contributed by atoms with Gasteiger partial charge in [0, 0.05) is 53.6 Å². The fraction of sp³-hybridized carbons (Fsp3) is 0. The van der Waals surface area contributed by atoms with E-state index in [4.69, 9.17) is 0 Å². The molecule has 10 aromatic carbocycles. The Morgan fingerprint density at radius 3 is 1.67 bits per heavy atom. The van der Waals surface area contributed by atoms with Gasteiger partial charge in [0.25, 0.3) is 0 Å². The van der Waals surface area contributed by atoms with Crippen molar-refractivity contribution in [3.05, 3.63) is 243 Å². The predicted molar refractivity (Wildman–Crippen MR) is 270 cm³/mol. The van der Waals surface area contributed by atoms with Crippen molar-refractivity contribution in [2.45, 2.75) is 0 Å². The second-order valence-corrected chi connectivity index (χ2v) is 17.1. The maximum atomic E-state index is 2.47. The lowest BCUT2D eigenvalue weighted by molar-refractivity contribution is 1.18. The van der Waals surface area contributed by atoms with Gasteiger partial charge in [-0.05, 0) is 106 Å². The number of para-hydroxylation sites is 2. The number of benzene rings is 10. The third kappa shape index (κ3) is 6.41. The van der Waals surface area contributed by atoms with Crippen LogP contribution in [0.5, 0.6) is 0 Å². The minimum atomic E-state index is 1.09. The highest BCUT2D eigenvalue weighted by atomic mass is 32.1. The summed E-state index contributed by atoms with van der Waals surface area (Å²) in [6, 6.07) is 88.5. The average molecular weight is 821 g/mol. The van der Waals surface area contributed by atoms with Gasteiger partial charge >= 0.3 is 0 Å². The monoisotopic (exact) mass is 820 g/mol. The first-order valence-electron chi connectivity index (χ1n) is 21.5. The van der Waals surface area contributed by atoms with E-state index < -0.39 is 0 Å². The van der Waals surface area contributed by atoms with E-state index in [9.17, 15) is 0 Å². The van der Waals surface area contributed by atoms with Crippen LogP contribution in [0.2, 0.25) is 0 Å². The van der Waals surface area contributed by atoms with E-state index in [1.54, 1.807) is 0 Å². The number of hydrogen-bond acceptors (Lipinski definition) is 2. The summed E-state index contributed by atoms with van der Waals surface area (Å²) in [5.41, 5.74) is 16.4. The van der Waals surface area contributed by atoms with Crippen molar-refractivity contribution in [2.75, 3.05) is 4.90 Å². The van der Waals surface area contributed by atoms with Crippen LogP contribution in [0.1, 0.15) is 0 Å². The molecule has 0 aliphatic heterocycles. The molecule has 3 heteroatoms. The van der Waals surface area contributed by atoms with Gasteiger partial charge in [0.2, 0.25) is 0 Å². The Morgan fingerprint density at radius 1 is 0.317 bits per heavy atom. The van der Waals surface area contributed by atoms with Gasteiger partial charge in [-0.2, -0.15) is 0 Å². The molecule has 12 aromatic rings. The minimum Gasteiger partial charge on any atom is -0.310 e. The fourth-order valence-corrected chi connectivity index (χ4v) is 10.7. The number of anilines is 3. The number of rotatable bonds is 8. The van der Waals surface area contributed by atoms with Gasteiger partial charge in [0.05, 0.1) is 16.7 Å². The second kappa shape index (κ2) is 15.5. The van der Waals surface area contributed by atoms with Gasteiger partial charge in [0.15, 0.2) is 0 Å². The molecule has 296 valence electrons. The van der Waals surface area contributed by atoms with Crippen molar-refractivity contribution in [3.63, 3.8) is 0 Å². The van der Waals surface area contributed by atoms with E-state index in [0.717, 1.165) is 22.7 Å². The topological polar surface area (TPSA) is 8.17 Å². The molecule has 0 radical (unpaired) electrons. The van der Waals surface area contributed by atoms with Crippen LogP contribution in [0.3, 0.4) is 0 Å². The quantitative estimate of drug-likeness (QED) is 0.148. The van der Waals surface area contributed by atoms with Crippen molar-refractivity contribution in [3.8, 4) is 50.2 Å². The lowest BCUT2D eigenvalue weighted by Crippen LogP contribution is -2.12. The number of thiophene rings is 1. The van der Waals surface area contributed by atoms with E-state index in [0.29, 0.717) is 0 Å². The van der Waals surface area contributed by atoms with Crippen LogP contribution < -0.4 is 4.90 Å². The van der Waals surface area contributed by atoms with Gasteiger partial charge in [-0.3, -0.25) is 0 Å². The molecule has 0 spiro atoms. The van der Waals surface area contributed by atoms with E-state index in [2.05, 4.69) is 252 Å². The third-order valence-electron chi connectivity index (χ3n) is 12.4. The largest absolute Gasteiger partial charge is 0.310 e. The highest BCUT2D eigenvalue weighted by Gasteiger charge is 2.24. The third-order valence-corrected chi connectivity index (χ3v) is 13.5. The Morgan fingerprint density at radius 2 is 0.889 bits per heavy atom. The van der Waals surface area contributed by atoms with Crippen molar-refractivity contribution in [1.29, 1.82) is 0 Å². The maximum absolute atomic E-state index is 2.47. The molecule has 0 saturated heterocycles. The molecule has 0 N–H and O–H groups in total. The summed E-state index contributed by atoms with van der Waals surface area (Å²) in [5.74, 6) is 0. The molecule has 2 heterocycles. The van der Waals surface area contributed by atoms with Crippen LogP contribution in [-0.4, -0.2) is 4.57 Å². The second-order valence-electron chi connectivity index (χ2n) is 16.1. The SMILES string of the molecule is c1ccc(-c2ccccc2-c2c(-c3ccccc3)cccc2N(c2ccc(-c3ccc4c(c3)c3ccccc3n4-c3ccccc3)cc2)c2ccc3c(c2)sc2ccccc23)cc1. The van der Waals surface area contributed by atoms with Crippen LogP contribution in [-0.2, 0) is 0 Å². The van der Waals surface area contributed by atoms with Gasteiger partial charge < -0.3 is 9.47 Å². The molecule has 0 fully saturated rings. The highest BCUT2D eigenvalue weighted by molar-refractivity contribution is 7.25. The minimum absolute atomic E-state index is 1.09. The molecular weight excluding hydrogens is 781 g/mol. The molecule has 0 aliphatic carbocycles. The van der Waals surface area contributed by atoms with Crippen molar-refractivity contribution in [2.24, 2.45) is 0 Å². The van der Waals surface area contributed by atoms with Crippen LogP contribution >= 0.6 is 11.3 Å². The molecule has 0 amide bonds. The molecule has 0 bridgehead atoms. The molecule has 0 unspecified atom stereocenters. The Bertz CT molecular complexity index is 3600. The number of hydrogen-bond donors (Lipinski definition) is 0. The molecule has 0 aliphatic rings. The Hall–Kier alpha value is -7.98. The maximum Gasteiger partial charge on any atom is 0.0546 e. The van der Waals surface area contributed by atoms with E-state index in [1.807, 2.05) is 11.3 Å². The normalized spacial score (nSPS) is 11.5. The summed E-state index contributed by atoms with van der Waals surface area (Å²) in [7, 11) is 0. The molecule has 12 rings (SSSR count). The smallest absolute Gasteiger partial charge is 0.0546 e. The molecule has 63 heavy (non-hydrogen) atoms. The molecule has 0 atom stereocenters. The van der Waals surface area contributed by atoms with Crippen LogP contribution in [0, 0.1) is 0 Å². The lowest BCUT2D eigenvalue weighted by atomic mass is 9.87. The van der Waals surface area contributed by atoms with Crippen LogP contribution in [0.25, 0.3) is 92.2 Å². The average Bonchev–Trinajstić information content (AvgIpc) is 3.90. The Labute approximate surface area is 370 Å². The first-order valence-corrected chi connectivity index (χ1v) is 22.3. The fourth-order valence-electron chi connectivity index (χ4n) is 9.53. The molecular formula is C60H40N2S. The number of nitrogens with zero attached hydrogens (tertiary/aromatic N) is 2. The molecule has 0 saturated carbocycles. The summed E-state index contributed by atoms with van der Waals surface area (Å²) in [6.07, 6.45) is 0. The first kappa shape index (κ1) is 36.8. The molecule has 2 aromatic heterocycles.